The second-order valence-corrected chi connectivity index (χ2v) is 8.51. The van der Waals surface area contributed by atoms with Crippen LogP contribution < -0.4 is 4.90 Å². The number of rotatable bonds is 1. The maximum Gasteiger partial charge on any atom is 0.204 e. The van der Waals surface area contributed by atoms with Gasteiger partial charge in [-0.3, -0.25) is 4.79 Å². The van der Waals surface area contributed by atoms with Crippen LogP contribution in [0.5, 0.6) is 0 Å². The molecule has 1 fully saturated rings. The summed E-state index contributed by atoms with van der Waals surface area (Å²) in [6, 6.07) is 7.43. The minimum Gasteiger partial charge on any atom is -0.445 e. The Morgan fingerprint density at radius 3 is 2.93 bits per heavy atom. The molecule has 1 N–H and O–H groups in total. The van der Waals surface area contributed by atoms with E-state index in [0.29, 0.717) is 40.9 Å². The molecule has 3 aliphatic rings. The van der Waals surface area contributed by atoms with Gasteiger partial charge in [-0.05, 0) is 41.6 Å². The minimum atomic E-state index is -1.56. The van der Waals surface area contributed by atoms with E-state index >= 15 is 0 Å². The SMILES string of the molecule is CC1(C)C=C2N=C3N(c4ccc5oc(Cl)cc5c4)CCC3(O)C(=O)C2=CC1. The number of fused-ring (bicyclic) bond motifs is 3. The predicted octanol–water partition coefficient (Wildman–Crippen LogP) is 4.25. The summed E-state index contributed by atoms with van der Waals surface area (Å²) in [5, 5.41) is 12.4. The average molecular weight is 383 g/mol. The van der Waals surface area contributed by atoms with Crippen LogP contribution in [0.2, 0.25) is 5.22 Å². The van der Waals surface area contributed by atoms with Crippen LogP contribution in [0.15, 0.2) is 57.1 Å². The summed E-state index contributed by atoms with van der Waals surface area (Å²) >= 11 is 5.95. The van der Waals surface area contributed by atoms with Gasteiger partial charge in [0.15, 0.2) is 10.8 Å². The summed E-state index contributed by atoms with van der Waals surface area (Å²) < 4.78 is 5.42. The average Bonchev–Trinajstić information content (AvgIpc) is 3.13. The maximum absolute atomic E-state index is 13.1. The molecular formula is C21H19ClN2O3. The number of nitrogens with zero attached hydrogens (tertiary/aromatic N) is 2. The first-order valence-corrected chi connectivity index (χ1v) is 9.41. The van der Waals surface area contributed by atoms with Gasteiger partial charge in [0.2, 0.25) is 5.78 Å². The Labute approximate surface area is 161 Å². The van der Waals surface area contributed by atoms with Gasteiger partial charge in [-0.1, -0.05) is 26.0 Å². The lowest BCUT2D eigenvalue weighted by Crippen LogP contribution is -2.50. The van der Waals surface area contributed by atoms with Crippen molar-refractivity contribution in [2.45, 2.75) is 32.3 Å². The fourth-order valence-electron chi connectivity index (χ4n) is 4.11. The highest BCUT2D eigenvalue weighted by molar-refractivity contribution is 6.30. The number of benzene rings is 1. The number of ketones is 1. The van der Waals surface area contributed by atoms with Crippen LogP contribution in [0.4, 0.5) is 5.69 Å². The van der Waals surface area contributed by atoms with E-state index in [0.717, 1.165) is 17.5 Å². The van der Waals surface area contributed by atoms with Gasteiger partial charge in [0.1, 0.15) is 11.4 Å². The Morgan fingerprint density at radius 1 is 1.30 bits per heavy atom. The maximum atomic E-state index is 13.1. The highest BCUT2D eigenvalue weighted by Crippen LogP contribution is 2.42. The van der Waals surface area contributed by atoms with Crippen molar-refractivity contribution in [1.29, 1.82) is 0 Å². The van der Waals surface area contributed by atoms with Crippen LogP contribution in [-0.4, -0.2) is 28.9 Å². The molecule has 0 spiro atoms. The Hall–Kier alpha value is -2.37. The van der Waals surface area contributed by atoms with Crippen molar-refractivity contribution in [2.24, 2.45) is 10.4 Å². The van der Waals surface area contributed by atoms with E-state index in [-0.39, 0.29) is 11.2 Å². The summed E-state index contributed by atoms with van der Waals surface area (Å²) in [5.74, 6) is 0.159. The van der Waals surface area contributed by atoms with Gasteiger partial charge in [0.05, 0.1) is 5.70 Å². The van der Waals surface area contributed by atoms with E-state index in [2.05, 4.69) is 13.8 Å². The summed E-state index contributed by atoms with van der Waals surface area (Å²) in [5.41, 5.74) is 1.13. The summed E-state index contributed by atoms with van der Waals surface area (Å²) in [6.07, 6.45) is 5.03. The van der Waals surface area contributed by atoms with Crippen LogP contribution in [0.1, 0.15) is 26.7 Å². The van der Waals surface area contributed by atoms with Gasteiger partial charge in [0.25, 0.3) is 0 Å². The molecule has 0 saturated carbocycles. The molecule has 2 aliphatic heterocycles. The molecule has 2 aromatic rings. The molecule has 138 valence electrons. The number of allylic oxidation sites excluding steroid dienone is 3. The largest absolute Gasteiger partial charge is 0.445 e. The molecule has 0 radical (unpaired) electrons. The number of aliphatic imine (C=N–C) groups is 1. The van der Waals surface area contributed by atoms with Gasteiger partial charge in [-0.15, -0.1) is 0 Å². The van der Waals surface area contributed by atoms with Gasteiger partial charge in [-0.25, -0.2) is 4.99 Å². The lowest BCUT2D eigenvalue weighted by molar-refractivity contribution is -0.127. The first kappa shape index (κ1) is 16.8. The molecule has 1 atom stereocenters. The van der Waals surface area contributed by atoms with Crippen molar-refractivity contribution in [3.8, 4) is 0 Å². The number of anilines is 1. The van der Waals surface area contributed by atoms with Crippen LogP contribution in [0.25, 0.3) is 11.0 Å². The third-order valence-electron chi connectivity index (χ3n) is 5.59. The Bertz CT molecular complexity index is 1090. The second-order valence-electron chi connectivity index (χ2n) is 8.14. The monoisotopic (exact) mass is 382 g/mol. The Kier molecular flexibility index (Phi) is 3.31. The lowest BCUT2D eigenvalue weighted by Gasteiger charge is -2.34. The van der Waals surface area contributed by atoms with Gasteiger partial charge >= 0.3 is 0 Å². The lowest BCUT2D eigenvalue weighted by atomic mass is 9.77. The van der Waals surface area contributed by atoms with Crippen LogP contribution in [0, 0.1) is 5.41 Å². The number of carbonyl (C=O) groups is 1. The highest BCUT2D eigenvalue weighted by Gasteiger charge is 2.53. The van der Waals surface area contributed by atoms with Gasteiger partial charge in [-0.2, -0.15) is 0 Å². The second kappa shape index (κ2) is 5.33. The fraction of sp³-hybridized carbons (Fsp3) is 0.333. The molecule has 1 unspecified atom stereocenters. The number of carbonyl (C=O) groups excluding carboxylic acids is 1. The third-order valence-corrected chi connectivity index (χ3v) is 5.77. The topological polar surface area (TPSA) is 66.0 Å². The van der Waals surface area contributed by atoms with Crippen LogP contribution in [-0.2, 0) is 4.79 Å². The molecule has 6 heteroatoms. The number of amidine groups is 1. The molecule has 3 heterocycles. The first-order valence-electron chi connectivity index (χ1n) is 9.03. The predicted molar refractivity (Wildman–Crippen MR) is 105 cm³/mol. The van der Waals surface area contributed by atoms with Crippen LogP contribution in [0.3, 0.4) is 0 Å². The van der Waals surface area contributed by atoms with Crippen molar-refractivity contribution in [3.05, 3.63) is 52.9 Å². The molecule has 1 aliphatic carbocycles. The quantitative estimate of drug-likeness (QED) is 0.800. The number of furan rings is 1. The molecule has 0 bridgehead atoms. The zero-order valence-electron chi connectivity index (χ0n) is 15.1. The highest BCUT2D eigenvalue weighted by atomic mass is 35.5. The Balaban J connectivity index is 1.64. The van der Waals surface area contributed by atoms with Gasteiger partial charge < -0.3 is 14.4 Å². The fourth-order valence-corrected chi connectivity index (χ4v) is 4.32. The molecule has 1 aromatic carbocycles. The van der Waals surface area contributed by atoms with Crippen molar-refractivity contribution in [1.82, 2.24) is 0 Å². The third kappa shape index (κ3) is 2.42. The minimum absolute atomic E-state index is 0.0610. The number of Topliss-reactive ketones (excluding diaryl/α,β-unsaturated/α-hetero) is 1. The zero-order valence-corrected chi connectivity index (χ0v) is 15.9. The summed E-state index contributed by atoms with van der Waals surface area (Å²) in [7, 11) is 0. The van der Waals surface area contributed by atoms with E-state index in [1.807, 2.05) is 35.3 Å². The summed E-state index contributed by atoms with van der Waals surface area (Å²) in [4.78, 5) is 19.7. The number of aliphatic hydroxyl groups is 1. The van der Waals surface area contributed by atoms with E-state index in [4.69, 9.17) is 21.0 Å². The van der Waals surface area contributed by atoms with Crippen molar-refractivity contribution in [2.75, 3.05) is 11.4 Å². The standard InChI is InChI=1S/C21H19ClN2O3/c1-20(2)6-5-14-15(11-20)23-19-21(26,18(14)25)7-8-24(19)13-3-4-16-12(9-13)10-17(22)27-16/h3-5,9-11,26H,6-8H2,1-2H3. The molecule has 1 aromatic heterocycles. The van der Waals surface area contributed by atoms with Crippen LogP contribution >= 0.6 is 11.6 Å². The molecule has 5 rings (SSSR count). The smallest absolute Gasteiger partial charge is 0.204 e. The first-order chi connectivity index (χ1) is 12.8. The van der Waals surface area contributed by atoms with E-state index in [9.17, 15) is 9.90 Å². The van der Waals surface area contributed by atoms with Crippen molar-refractivity contribution < 1.29 is 14.3 Å². The molecular weight excluding hydrogens is 364 g/mol. The normalized spacial score (nSPS) is 26.4. The van der Waals surface area contributed by atoms with E-state index in [1.54, 1.807) is 6.07 Å². The van der Waals surface area contributed by atoms with E-state index < -0.39 is 5.60 Å². The number of hydrogen-bond donors (Lipinski definition) is 1. The number of hydrogen-bond acceptors (Lipinski definition) is 5. The zero-order chi connectivity index (χ0) is 19.0. The molecule has 5 nitrogen and oxygen atoms in total. The molecule has 0 amide bonds. The molecule has 1 saturated heterocycles. The van der Waals surface area contributed by atoms with Gasteiger partial charge in [0, 0.05) is 35.7 Å². The molecule has 27 heavy (non-hydrogen) atoms. The summed E-state index contributed by atoms with van der Waals surface area (Å²) in [6.45, 7) is 4.74. The van der Waals surface area contributed by atoms with Crippen molar-refractivity contribution >= 4 is 39.9 Å². The van der Waals surface area contributed by atoms with E-state index in [1.165, 1.54) is 0 Å². The number of halogens is 1. The van der Waals surface area contributed by atoms with Crippen molar-refractivity contribution in [3.63, 3.8) is 0 Å². The Morgan fingerprint density at radius 2 is 2.11 bits per heavy atom.